The Labute approximate surface area is 107 Å². The third-order valence-corrected chi connectivity index (χ3v) is 3.72. The van der Waals surface area contributed by atoms with Crippen molar-refractivity contribution in [3.63, 3.8) is 0 Å². The van der Waals surface area contributed by atoms with E-state index in [1.165, 1.54) is 16.8 Å². The molecule has 0 aliphatic carbocycles. The Kier molecular flexibility index (Phi) is 2.82. The molecule has 1 aromatic rings. The predicted octanol–water partition coefficient (Wildman–Crippen LogP) is -2.20. The summed E-state index contributed by atoms with van der Waals surface area (Å²) in [6, 6.07) is 1.20. The SMILES string of the molecule is O=c1ccn([C@@H]2O[C@]3(CO)COC[C@@H]2[C@@H]3O)c(=O)[nH]1. The Morgan fingerprint density at radius 2 is 2.32 bits per heavy atom. The topological polar surface area (TPSA) is 114 Å². The number of aromatic nitrogens is 2. The number of nitrogens with one attached hydrogen (secondary N) is 1. The van der Waals surface area contributed by atoms with Crippen molar-refractivity contribution in [2.45, 2.75) is 17.9 Å². The van der Waals surface area contributed by atoms with E-state index in [1.54, 1.807) is 0 Å². The average molecular weight is 270 g/mol. The maximum atomic E-state index is 11.8. The summed E-state index contributed by atoms with van der Waals surface area (Å²) in [4.78, 5) is 24.9. The van der Waals surface area contributed by atoms with Gasteiger partial charge in [-0.2, -0.15) is 0 Å². The molecule has 0 aromatic carbocycles. The smallest absolute Gasteiger partial charge is 0.330 e. The Morgan fingerprint density at radius 3 is 2.95 bits per heavy atom. The van der Waals surface area contributed by atoms with Gasteiger partial charge in [-0.25, -0.2) is 4.79 Å². The maximum Gasteiger partial charge on any atom is 0.330 e. The van der Waals surface area contributed by atoms with Crippen LogP contribution in [0.15, 0.2) is 21.9 Å². The largest absolute Gasteiger partial charge is 0.393 e. The molecular formula is C11H14N2O6. The highest BCUT2D eigenvalue weighted by atomic mass is 16.6. The van der Waals surface area contributed by atoms with Gasteiger partial charge in [0.2, 0.25) is 0 Å². The molecule has 2 aliphatic rings. The fraction of sp³-hybridized carbons (Fsp3) is 0.636. The maximum absolute atomic E-state index is 11.8. The van der Waals surface area contributed by atoms with E-state index in [2.05, 4.69) is 4.98 Å². The zero-order valence-electron chi connectivity index (χ0n) is 9.98. The minimum Gasteiger partial charge on any atom is -0.393 e. The summed E-state index contributed by atoms with van der Waals surface area (Å²) in [5, 5.41) is 19.6. The first-order chi connectivity index (χ1) is 9.07. The molecule has 0 radical (unpaired) electrons. The molecule has 3 heterocycles. The molecule has 2 saturated heterocycles. The second-order valence-electron chi connectivity index (χ2n) is 4.87. The lowest BCUT2D eigenvalue weighted by molar-refractivity contribution is -0.163. The third kappa shape index (κ3) is 1.76. The van der Waals surface area contributed by atoms with Crippen LogP contribution in [0.1, 0.15) is 6.23 Å². The molecular weight excluding hydrogens is 256 g/mol. The first-order valence-corrected chi connectivity index (χ1v) is 5.93. The van der Waals surface area contributed by atoms with Crippen LogP contribution in [0.3, 0.4) is 0 Å². The molecule has 3 rings (SSSR count). The molecule has 0 unspecified atom stereocenters. The van der Waals surface area contributed by atoms with Crippen LogP contribution in [-0.4, -0.2) is 51.3 Å². The second-order valence-corrected chi connectivity index (χ2v) is 4.87. The standard InChI is InChI=1S/C11H14N2O6/c14-4-11-5-18-3-6(8(11)16)9(19-11)13-2-1-7(15)12-10(13)17/h1-2,6,8-9,14,16H,3-5H2,(H,12,15,17)/t6-,8+,9-,11-/m1/s1. The van der Waals surface area contributed by atoms with E-state index < -0.39 is 41.7 Å². The number of fused-ring (bicyclic) bond motifs is 2. The van der Waals surface area contributed by atoms with Crippen molar-refractivity contribution in [3.8, 4) is 0 Å². The normalized spacial score (nSPS) is 37.5. The molecule has 2 aliphatic heterocycles. The highest BCUT2D eigenvalue weighted by Crippen LogP contribution is 2.44. The summed E-state index contributed by atoms with van der Waals surface area (Å²) < 4.78 is 12.2. The number of aromatic amines is 1. The number of ether oxygens (including phenoxy) is 2. The van der Waals surface area contributed by atoms with Crippen LogP contribution in [0, 0.1) is 5.92 Å². The van der Waals surface area contributed by atoms with Crippen molar-refractivity contribution >= 4 is 0 Å². The lowest BCUT2D eigenvalue weighted by Gasteiger charge is -2.33. The molecule has 2 bridgehead atoms. The number of aliphatic hydroxyl groups excluding tert-OH is 2. The molecule has 8 nitrogen and oxygen atoms in total. The number of aliphatic hydroxyl groups is 2. The van der Waals surface area contributed by atoms with Gasteiger partial charge in [0.1, 0.15) is 11.8 Å². The molecule has 0 spiro atoms. The van der Waals surface area contributed by atoms with Crippen LogP contribution in [0.5, 0.6) is 0 Å². The van der Waals surface area contributed by atoms with E-state index in [0.29, 0.717) is 0 Å². The highest BCUT2D eigenvalue weighted by molar-refractivity contribution is 5.04. The van der Waals surface area contributed by atoms with Gasteiger partial charge in [-0.1, -0.05) is 0 Å². The Hall–Kier alpha value is -1.48. The van der Waals surface area contributed by atoms with E-state index in [4.69, 9.17) is 9.47 Å². The van der Waals surface area contributed by atoms with Gasteiger partial charge in [-0.3, -0.25) is 14.3 Å². The van der Waals surface area contributed by atoms with Crippen LogP contribution in [0.4, 0.5) is 0 Å². The molecule has 1 aromatic heterocycles. The van der Waals surface area contributed by atoms with Crippen LogP contribution in [0.2, 0.25) is 0 Å². The first kappa shape index (κ1) is 12.5. The van der Waals surface area contributed by atoms with Gasteiger partial charge in [0.15, 0.2) is 0 Å². The lowest BCUT2D eigenvalue weighted by atomic mass is 9.89. The Bertz CT molecular complexity index is 595. The fourth-order valence-electron chi connectivity index (χ4n) is 2.67. The highest BCUT2D eigenvalue weighted by Gasteiger charge is 2.58. The van der Waals surface area contributed by atoms with Crippen LogP contribution in [0.25, 0.3) is 0 Å². The lowest BCUT2D eigenvalue weighted by Crippen LogP contribution is -2.52. The van der Waals surface area contributed by atoms with E-state index in [-0.39, 0.29) is 13.2 Å². The molecule has 104 valence electrons. The summed E-state index contributed by atoms with van der Waals surface area (Å²) in [5.74, 6) is -0.468. The molecule has 0 saturated carbocycles. The minimum absolute atomic E-state index is 0.0652. The second kappa shape index (κ2) is 4.27. The van der Waals surface area contributed by atoms with Gasteiger partial charge < -0.3 is 19.7 Å². The number of hydrogen-bond donors (Lipinski definition) is 3. The van der Waals surface area contributed by atoms with Gasteiger partial charge in [0.05, 0.1) is 31.8 Å². The monoisotopic (exact) mass is 270 g/mol. The van der Waals surface area contributed by atoms with Crippen LogP contribution in [-0.2, 0) is 9.47 Å². The summed E-state index contributed by atoms with van der Waals surface area (Å²) in [7, 11) is 0. The van der Waals surface area contributed by atoms with Gasteiger partial charge in [-0.05, 0) is 0 Å². The van der Waals surface area contributed by atoms with Gasteiger partial charge in [0.25, 0.3) is 5.56 Å². The van der Waals surface area contributed by atoms with Gasteiger partial charge in [-0.15, -0.1) is 0 Å². The summed E-state index contributed by atoms with van der Waals surface area (Å²) in [6.45, 7) is -0.117. The van der Waals surface area contributed by atoms with Crippen molar-refractivity contribution in [2.24, 2.45) is 5.92 Å². The molecule has 2 fully saturated rings. The zero-order valence-corrected chi connectivity index (χ0v) is 9.98. The third-order valence-electron chi connectivity index (χ3n) is 3.72. The number of H-pyrrole nitrogens is 1. The fourth-order valence-corrected chi connectivity index (χ4v) is 2.67. The van der Waals surface area contributed by atoms with E-state index in [1.807, 2.05) is 0 Å². The Morgan fingerprint density at radius 1 is 1.53 bits per heavy atom. The summed E-state index contributed by atoms with van der Waals surface area (Å²) >= 11 is 0. The van der Waals surface area contributed by atoms with Crippen molar-refractivity contribution in [1.82, 2.24) is 9.55 Å². The molecule has 4 atom stereocenters. The first-order valence-electron chi connectivity index (χ1n) is 5.93. The predicted molar refractivity (Wildman–Crippen MR) is 61.6 cm³/mol. The minimum atomic E-state index is -1.21. The summed E-state index contributed by atoms with van der Waals surface area (Å²) in [6.07, 6.45) is -0.381. The Balaban J connectivity index is 2.03. The van der Waals surface area contributed by atoms with Crippen molar-refractivity contribution < 1.29 is 19.7 Å². The molecule has 0 amide bonds. The van der Waals surface area contributed by atoms with Crippen LogP contribution < -0.4 is 11.2 Å². The molecule has 8 heteroatoms. The van der Waals surface area contributed by atoms with E-state index in [9.17, 15) is 19.8 Å². The van der Waals surface area contributed by atoms with Crippen LogP contribution >= 0.6 is 0 Å². The zero-order chi connectivity index (χ0) is 13.6. The average Bonchev–Trinajstić information content (AvgIpc) is 2.56. The molecule has 19 heavy (non-hydrogen) atoms. The van der Waals surface area contributed by atoms with E-state index >= 15 is 0 Å². The number of nitrogens with zero attached hydrogens (tertiary/aromatic N) is 1. The summed E-state index contributed by atoms with van der Waals surface area (Å²) in [5.41, 5.74) is -2.33. The van der Waals surface area contributed by atoms with Crippen molar-refractivity contribution in [1.29, 1.82) is 0 Å². The van der Waals surface area contributed by atoms with Crippen molar-refractivity contribution in [2.75, 3.05) is 19.8 Å². The number of rotatable bonds is 2. The quantitative estimate of drug-likeness (QED) is 0.562. The van der Waals surface area contributed by atoms with E-state index in [0.717, 1.165) is 0 Å². The van der Waals surface area contributed by atoms with Gasteiger partial charge in [0, 0.05) is 12.3 Å². The van der Waals surface area contributed by atoms with Crippen molar-refractivity contribution in [3.05, 3.63) is 33.1 Å². The van der Waals surface area contributed by atoms with Gasteiger partial charge >= 0.3 is 5.69 Å². The molecule has 3 N–H and O–H groups in total. The number of hydrogen-bond acceptors (Lipinski definition) is 6.